The lowest BCUT2D eigenvalue weighted by atomic mass is 10.2. The van der Waals surface area contributed by atoms with Crippen LogP contribution in [0.2, 0.25) is 5.02 Å². The normalized spacial score (nSPS) is 12.2. The van der Waals surface area contributed by atoms with Crippen LogP contribution in [0, 0.1) is 0 Å². The molecule has 0 fully saturated rings. The molecule has 6 heteroatoms. The smallest absolute Gasteiger partial charge is 0.320 e. The maximum absolute atomic E-state index is 11.1. The van der Waals surface area contributed by atoms with Crippen LogP contribution in [0.15, 0.2) is 24.3 Å². The van der Waals surface area contributed by atoms with Gasteiger partial charge in [-0.1, -0.05) is 23.7 Å². The number of rotatable bonds is 7. The van der Waals surface area contributed by atoms with Gasteiger partial charge < -0.3 is 10.4 Å². The van der Waals surface area contributed by atoms with Crippen molar-refractivity contribution < 1.29 is 14.7 Å². The quantitative estimate of drug-likeness (QED) is 0.804. The fourth-order valence-electron chi connectivity index (χ4n) is 1.81. The molecule has 2 N–H and O–H groups in total. The highest BCUT2D eigenvalue weighted by Gasteiger charge is 2.20. The molecule has 0 saturated carbocycles. The standard InChI is InChI=1S/C14H19ClN2O3/c1-10(14(19)20)17(7-6-16-11(2)18)9-12-4-3-5-13(15)8-12/h3-5,8,10H,6-7,9H2,1-2H3,(H,16,18)(H,19,20). The largest absolute Gasteiger partial charge is 0.480 e. The summed E-state index contributed by atoms with van der Waals surface area (Å²) in [7, 11) is 0. The van der Waals surface area contributed by atoms with Crippen molar-refractivity contribution in [3.63, 3.8) is 0 Å². The minimum atomic E-state index is -0.894. The van der Waals surface area contributed by atoms with E-state index in [-0.39, 0.29) is 5.91 Å². The van der Waals surface area contributed by atoms with E-state index >= 15 is 0 Å². The molecule has 110 valence electrons. The number of amides is 1. The van der Waals surface area contributed by atoms with E-state index in [1.807, 2.05) is 18.2 Å². The molecule has 0 radical (unpaired) electrons. The van der Waals surface area contributed by atoms with E-state index in [1.54, 1.807) is 17.9 Å². The van der Waals surface area contributed by atoms with Crippen molar-refractivity contribution in [2.45, 2.75) is 26.4 Å². The Morgan fingerprint density at radius 2 is 2.15 bits per heavy atom. The van der Waals surface area contributed by atoms with Gasteiger partial charge in [-0.2, -0.15) is 0 Å². The zero-order valence-corrected chi connectivity index (χ0v) is 12.4. The van der Waals surface area contributed by atoms with E-state index in [2.05, 4.69) is 5.32 Å². The van der Waals surface area contributed by atoms with Crippen LogP contribution in [0.25, 0.3) is 0 Å². The summed E-state index contributed by atoms with van der Waals surface area (Å²) in [5.74, 6) is -1.02. The summed E-state index contributed by atoms with van der Waals surface area (Å²) in [5, 5.41) is 12.4. The van der Waals surface area contributed by atoms with Crippen LogP contribution in [-0.4, -0.2) is 41.0 Å². The summed E-state index contributed by atoms with van der Waals surface area (Å²) in [4.78, 5) is 23.8. The van der Waals surface area contributed by atoms with E-state index in [4.69, 9.17) is 16.7 Å². The minimum absolute atomic E-state index is 0.129. The Kier molecular flexibility index (Phi) is 6.48. The predicted octanol–water partition coefficient (Wildman–Crippen LogP) is 1.75. The van der Waals surface area contributed by atoms with Gasteiger partial charge in [0.15, 0.2) is 0 Å². The average Bonchev–Trinajstić information content (AvgIpc) is 2.36. The fourth-order valence-corrected chi connectivity index (χ4v) is 2.02. The van der Waals surface area contributed by atoms with Crippen molar-refractivity contribution in [1.29, 1.82) is 0 Å². The summed E-state index contributed by atoms with van der Waals surface area (Å²) < 4.78 is 0. The number of hydrogen-bond donors (Lipinski definition) is 2. The van der Waals surface area contributed by atoms with Crippen molar-refractivity contribution in [2.24, 2.45) is 0 Å². The summed E-state index contributed by atoms with van der Waals surface area (Å²) in [6.45, 7) is 4.39. The van der Waals surface area contributed by atoms with Crippen molar-refractivity contribution in [2.75, 3.05) is 13.1 Å². The first-order valence-corrected chi connectivity index (χ1v) is 6.73. The summed E-state index contributed by atoms with van der Waals surface area (Å²) in [5.41, 5.74) is 0.938. The molecular weight excluding hydrogens is 280 g/mol. The number of aliphatic carboxylic acids is 1. The monoisotopic (exact) mass is 298 g/mol. The van der Waals surface area contributed by atoms with Gasteiger partial charge in [0.25, 0.3) is 0 Å². The molecular formula is C14H19ClN2O3. The van der Waals surface area contributed by atoms with Crippen LogP contribution in [0.3, 0.4) is 0 Å². The van der Waals surface area contributed by atoms with Crippen LogP contribution in [0.5, 0.6) is 0 Å². The van der Waals surface area contributed by atoms with Gasteiger partial charge in [-0.05, 0) is 24.6 Å². The molecule has 1 aromatic rings. The third-order valence-corrected chi connectivity index (χ3v) is 3.19. The number of benzene rings is 1. The van der Waals surface area contributed by atoms with Crippen molar-refractivity contribution >= 4 is 23.5 Å². The Balaban J connectivity index is 2.71. The molecule has 0 spiro atoms. The Bertz CT molecular complexity index is 479. The molecule has 1 aromatic carbocycles. The molecule has 0 aliphatic rings. The van der Waals surface area contributed by atoms with Gasteiger partial charge in [0.1, 0.15) is 6.04 Å². The van der Waals surface area contributed by atoms with Gasteiger partial charge in [-0.15, -0.1) is 0 Å². The highest BCUT2D eigenvalue weighted by Crippen LogP contribution is 2.14. The Morgan fingerprint density at radius 3 is 2.70 bits per heavy atom. The zero-order valence-electron chi connectivity index (χ0n) is 11.6. The van der Waals surface area contributed by atoms with Gasteiger partial charge in [0, 0.05) is 31.6 Å². The number of carbonyl (C=O) groups excluding carboxylic acids is 1. The highest BCUT2D eigenvalue weighted by atomic mass is 35.5. The van der Waals surface area contributed by atoms with Crippen molar-refractivity contribution in [3.8, 4) is 0 Å². The fraction of sp³-hybridized carbons (Fsp3) is 0.429. The zero-order chi connectivity index (χ0) is 15.1. The number of carboxylic acid groups (broad SMARTS) is 1. The van der Waals surface area contributed by atoms with Gasteiger partial charge in [-0.25, -0.2) is 0 Å². The lowest BCUT2D eigenvalue weighted by Crippen LogP contribution is -2.42. The number of hydrogen-bond acceptors (Lipinski definition) is 3. The van der Waals surface area contributed by atoms with Crippen LogP contribution >= 0.6 is 11.6 Å². The molecule has 1 unspecified atom stereocenters. The van der Waals surface area contributed by atoms with Gasteiger partial charge in [-0.3, -0.25) is 14.5 Å². The Morgan fingerprint density at radius 1 is 1.45 bits per heavy atom. The maximum Gasteiger partial charge on any atom is 0.320 e. The van der Waals surface area contributed by atoms with E-state index in [0.717, 1.165) is 5.56 Å². The number of halogens is 1. The molecule has 0 saturated heterocycles. The number of nitrogens with zero attached hydrogens (tertiary/aromatic N) is 1. The second-order valence-corrected chi connectivity index (χ2v) is 5.03. The van der Waals surface area contributed by atoms with E-state index in [9.17, 15) is 9.59 Å². The van der Waals surface area contributed by atoms with Gasteiger partial charge >= 0.3 is 5.97 Å². The first-order valence-electron chi connectivity index (χ1n) is 6.36. The number of nitrogens with one attached hydrogen (secondary N) is 1. The maximum atomic E-state index is 11.1. The third kappa shape index (κ3) is 5.59. The third-order valence-electron chi connectivity index (χ3n) is 2.95. The molecule has 0 aliphatic carbocycles. The molecule has 0 heterocycles. The molecule has 20 heavy (non-hydrogen) atoms. The molecule has 1 amide bonds. The Labute approximate surface area is 123 Å². The molecule has 0 aliphatic heterocycles. The Hall–Kier alpha value is -1.59. The van der Waals surface area contributed by atoms with E-state index in [1.165, 1.54) is 6.92 Å². The molecule has 0 bridgehead atoms. The highest BCUT2D eigenvalue weighted by molar-refractivity contribution is 6.30. The number of carboxylic acids is 1. The van der Waals surface area contributed by atoms with E-state index < -0.39 is 12.0 Å². The van der Waals surface area contributed by atoms with Crippen LogP contribution in [0.4, 0.5) is 0 Å². The molecule has 1 rings (SSSR count). The van der Waals surface area contributed by atoms with E-state index in [0.29, 0.717) is 24.7 Å². The average molecular weight is 299 g/mol. The molecule has 5 nitrogen and oxygen atoms in total. The topological polar surface area (TPSA) is 69.6 Å². The molecule has 0 aromatic heterocycles. The van der Waals surface area contributed by atoms with Crippen molar-refractivity contribution in [3.05, 3.63) is 34.9 Å². The SMILES string of the molecule is CC(=O)NCCN(Cc1cccc(Cl)c1)C(C)C(=O)O. The summed E-state index contributed by atoms with van der Waals surface area (Å²) >= 11 is 5.92. The first kappa shape index (κ1) is 16.5. The molecule has 1 atom stereocenters. The van der Waals surface area contributed by atoms with Crippen molar-refractivity contribution in [1.82, 2.24) is 10.2 Å². The summed E-state index contributed by atoms with van der Waals surface area (Å²) in [6, 6.07) is 6.67. The predicted molar refractivity (Wildman–Crippen MR) is 77.6 cm³/mol. The van der Waals surface area contributed by atoms with Gasteiger partial charge in [0.2, 0.25) is 5.91 Å². The van der Waals surface area contributed by atoms with Crippen LogP contribution in [-0.2, 0) is 16.1 Å². The lowest BCUT2D eigenvalue weighted by molar-refractivity contribution is -0.142. The second kappa shape index (κ2) is 7.87. The van der Waals surface area contributed by atoms with Crippen LogP contribution in [0.1, 0.15) is 19.4 Å². The van der Waals surface area contributed by atoms with Crippen LogP contribution < -0.4 is 5.32 Å². The lowest BCUT2D eigenvalue weighted by Gasteiger charge is -2.26. The second-order valence-electron chi connectivity index (χ2n) is 4.60. The van der Waals surface area contributed by atoms with Gasteiger partial charge in [0.05, 0.1) is 0 Å². The minimum Gasteiger partial charge on any atom is -0.480 e. The number of carbonyl (C=O) groups is 2. The first-order chi connectivity index (χ1) is 9.40. The summed E-state index contributed by atoms with van der Waals surface area (Å²) in [6.07, 6.45) is 0.